The molecule has 8 nitrogen and oxygen atoms in total. The Bertz CT molecular complexity index is 916. The van der Waals surface area contributed by atoms with Gasteiger partial charge in [-0.15, -0.1) is 0 Å². The van der Waals surface area contributed by atoms with Gasteiger partial charge in [-0.05, 0) is 46.9 Å². The highest BCUT2D eigenvalue weighted by Gasteiger charge is 2.36. The molecule has 2 N–H and O–H groups in total. The number of hydrogen-bond acceptors (Lipinski definition) is 6. The lowest BCUT2D eigenvalue weighted by Crippen LogP contribution is -2.42. The number of azide groups is 1. The maximum atomic E-state index is 11.0. The van der Waals surface area contributed by atoms with E-state index in [9.17, 15) is 10.2 Å². The lowest BCUT2D eigenvalue weighted by atomic mass is 9.91. The van der Waals surface area contributed by atoms with Gasteiger partial charge in [-0.25, -0.2) is 0 Å². The number of hydrogen-bond donors (Lipinski definition) is 2. The fraction of sp³-hybridized carbons (Fsp3) is 0.444. The Hall–Kier alpha value is -2.19. The summed E-state index contributed by atoms with van der Waals surface area (Å²) >= 11 is 3.44. The number of nitrogens with zero attached hydrogens (tertiary/aromatic N) is 3. The Balaban J connectivity index is 2.14. The molecule has 1 fully saturated rings. The Morgan fingerprint density at radius 1 is 1.33 bits per heavy atom. The van der Waals surface area contributed by atoms with Gasteiger partial charge in [0.05, 0.1) is 48.4 Å². The number of benzene rings is 2. The summed E-state index contributed by atoms with van der Waals surface area (Å²) in [6.45, 7) is 1.70. The molecular weight excluding hydrogens is 418 g/mol. The first kappa shape index (κ1) is 19.6. The standard InChI is InChI=1S/C18H20BrN3O5/c1-8-16(23)12(21-22-20)7-13(27-8)9-4-5-10-15(17(9)24)14(25-2)6-11(19)18(10)26-3/h4-6,8,12-13,16,23-24H,7H2,1-3H3/t8-,12-,13-,16-/m0/s1. The van der Waals surface area contributed by atoms with E-state index in [0.717, 1.165) is 0 Å². The second-order valence-electron chi connectivity index (χ2n) is 6.35. The fourth-order valence-electron chi connectivity index (χ4n) is 3.50. The molecule has 0 unspecified atom stereocenters. The third-order valence-electron chi connectivity index (χ3n) is 4.86. The van der Waals surface area contributed by atoms with Crippen molar-refractivity contribution in [2.75, 3.05) is 14.2 Å². The van der Waals surface area contributed by atoms with E-state index in [1.807, 2.05) is 6.07 Å². The highest BCUT2D eigenvalue weighted by molar-refractivity contribution is 9.10. The van der Waals surface area contributed by atoms with E-state index >= 15 is 0 Å². The van der Waals surface area contributed by atoms with Gasteiger partial charge in [0.15, 0.2) is 0 Å². The number of aliphatic hydroxyl groups excluding tert-OH is 1. The summed E-state index contributed by atoms with van der Waals surface area (Å²) in [7, 11) is 3.07. The van der Waals surface area contributed by atoms with Gasteiger partial charge in [-0.2, -0.15) is 0 Å². The first-order valence-corrected chi connectivity index (χ1v) is 9.16. The Kier molecular flexibility index (Phi) is 5.67. The van der Waals surface area contributed by atoms with Crippen molar-refractivity contribution < 1.29 is 24.4 Å². The van der Waals surface area contributed by atoms with Crippen LogP contribution >= 0.6 is 15.9 Å². The van der Waals surface area contributed by atoms with E-state index in [1.54, 1.807) is 26.2 Å². The third-order valence-corrected chi connectivity index (χ3v) is 5.44. The number of phenols is 1. The monoisotopic (exact) mass is 437 g/mol. The predicted molar refractivity (Wildman–Crippen MR) is 103 cm³/mol. The second-order valence-corrected chi connectivity index (χ2v) is 7.20. The summed E-state index contributed by atoms with van der Waals surface area (Å²) in [4.78, 5) is 2.81. The first-order valence-electron chi connectivity index (χ1n) is 8.36. The van der Waals surface area contributed by atoms with Gasteiger partial charge in [0, 0.05) is 15.9 Å². The maximum absolute atomic E-state index is 11.0. The van der Waals surface area contributed by atoms with Crippen molar-refractivity contribution in [2.24, 2.45) is 5.11 Å². The minimum Gasteiger partial charge on any atom is -0.507 e. The quantitative estimate of drug-likeness (QED) is 0.421. The van der Waals surface area contributed by atoms with Gasteiger partial charge in [0.25, 0.3) is 0 Å². The molecule has 0 aromatic heterocycles. The predicted octanol–water partition coefficient (Wildman–Crippen LogP) is 4.21. The van der Waals surface area contributed by atoms with Crippen LogP contribution in [-0.2, 0) is 4.74 Å². The number of phenolic OH excluding ortho intramolecular Hbond substituents is 1. The van der Waals surface area contributed by atoms with Crippen LogP contribution in [0.25, 0.3) is 21.2 Å². The molecule has 1 heterocycles. The third kappa shape index (κ3) is 3.39. The summed E-state index contributed by atoms with van der Waals surface area (Å²) in [5.74, 6) is 1.06. The van der Waals surface area contributed by atoms with Gasteiger partial charge < -0.3 is 24.4 Å². The smallest absolute Gasteiger partial charge is 0.141 e. The number of aliphatic hydroxyl groups is 1. The van der Waals surface area contributed by atoms with Crippen LogP contribution in [0.15, 0.2) is 27.8 Å². The molecule has 0 aliphatic carbocycles. The van der Waals surface area contributed by atoms with E-state index in [2.05, 4.69) is 26.0 Å². The molecule has 4 atom stereocenters. The lowest BCUT2D eigenvalue weighted by Gasteiger charge is -2.36. The van der Waals surface area contributed by atoms with Crippen molar-refractivity contribution in [3.05, 3.63) is 38.7 Å². The summed E-state index contributed by atoms with van der Waals surface area (Å²) < 4.78 is 17.5. The number of ether oxygens (including phenoxy) is 3. The number of fused-ring (bicyclic) bond motifs is 1. The topological polar surface area (TPSA) is 117 Å². The summed E-state index contributed by atoms with van der Waals surface area (Å²) in [6, 6.07) is 4.65. The number of rotatable bonds is 4. The number of halogens is 1. The van der Waals surface area contributed by atoms with Crippen LogP contribution in [0.2, 0.25) is 0 Å². The van der Waals surface area contributed by atoms with Crippen molar-refractivity contribution >= 4 is 26.7 Å². The Morgan fingerprint density at radius 2 is 2.07 bits per heavy atom. The summed E-state index contributed by atoms with van der Waals surface area (Å²) in [5.41, 5.74) is 9.28. The van der Waals surface area contributed by atoms with E-state index in [-0.39, 0.29) is 12.2 Å². The minimum atomic E-state index is -0.898. The normalized spacial score (nSPS) is 25.1. The SMILES string of the molecule is COc1c(Br)cc(OC)c2c(O)c([C@@H]3C[C@H](N=[N+]=[N-])[C@@H](O)[C@H](C)O3)ccc12. The molecule has 1 saturated heterocycles. The average molecular weight is 438 g/mol. The average Bonchev–Trinajstić information content (AvgIpc) is 2.65. The zero-order chi connectivity index (χ0) is 19.7. The van der Waals surface area contributed by atoms with E-state index < -0.39 is 24.4 Å². The van der Waals surface area contributed by atoms with Crippen molar-refractivity contribution in [1.29, 1.82) is 0 Å². The zero-order valence-corrected chi connectivity index (χ0v) is 16.7. The van der Waals surface area contributed by atoms with Gasteiger partial charge in [0.1, 0.15) is 17.2 Å². The minimum absolute atomic E-state index is 0.00317. The van der Waals surface area contributed by atoms with E-state index in [4.69, 9.17) is 19.7 Å². The molecule has 3 rings (SSSR count). The van der Waals surface area contributed by atoms with Crippen LogP contribution in [0.4, 0.5) is 0 Å². The zero-order valence-electron chi connectivity index (χ0n) is 15.1. The van der Waals surface area contributed by atoms with Crippen LogP contribution < -0.4 is 9.47 Å². The molecular formula is C18H20BrN3O5. The fourth-order valence-corrected chi connectivity index (χ4v) is 4.09. The van der Waals surface area contributed by atoms with Crippen LogP contribution in [0.1, 0.15) is 25.0 Å². The summed E-state index contributed by atoms with van der Waals surface area (Å²) in [6.07, 6.45) is -1.73. The van der Waals surface area contributed by atoms with Crippen molar-refractivity contribution in [2.45, 2.75) is 37.7 Å². The molecule has 0 saturated carbocycles. The number of methoxy groups -OCH3 is 2. The van der Waals surface area contributed by atoms with Crippen molar-refractivity contribution in [3.63, 3.8) is 0 Å². The highest BCUT2D eigenvalue weighted by Crippen LogP contribution is 2.47. The van der Waals surface area contributed by atoms with Crippen LogP contribution in [0.5, 0.6) is 17.2 Å². The van der Waals surface area contributed by atoms with Crippen LogP contribution in [0, 0.1) is 0 Å². The van der Waals surface area contributed by atoms with E-state index in [1.165, 1.54) is 7.11 Å². The molecule has 9 heteroatoms. The molecule has 2 aromatic carbocycles. The number of aromatic hydroxyl groups is 1. The Morgan fingerprint density at radius 3 is 2.70 bits per heavy atom. The van der Waals surface area contributed by atoms with Crippen molar-refractivity contribution in [1.82, 2.24) is 0 Å². The van der Waals surface area contributed by atoms with Crippen LogP contribution in [-0.4, -0.2) is 42.7 Å². The van der Waals surface area contributed by atoms with Crippen LogP contribution in [0.3, 0.4) is 0 Å². The molecule has 2 aromatic rings. The molecule has 144 valence electrons. The van der Waals surface area contributed by atoms with Gasteiger partial charge in [0.2, 0.25) is 0 Å². The lowest BCUT2D eigenvalue weighted by molar-refractivity contribution is -0.119. The van der Waals surface area contributed by atoms with Gasteiger partial charge in [-0.3, -0.25) is 0 Å². The van der Waals surface area contributed by atoms with E-state index in [0.29, 0.717) is 32.3 Å². The molecule has 0 amide bonds. The molecule has 27 heavy (non-hydrogen) atoms. The second kappa shape index (κ2) is 7.82. The Labute approximate surface area is 164 Å². The highest BCUT2D eigenvalue weighted by atomic mass is 79.9. The summed E-state index contributed by atoms with van der Waals surface area (Å²) in [5, 5.41) is 26.0. The molecule has 0 radical (unpaired) electrons. The molecule has 0 spiro atoms. The van der Waals surface area contributed by atoms with Gasteiger partial charge in [-0.1, -0.05) is 11.2 Å². The first-order chi connectivity index (χ1) is 12.9. The maximum Gasteiger partial charge on any atom is 0.141 e. The molecule has 0 bridgehead atoms. The molecule has 1 aliphatic rings. The largest absolute Gasteiger partial charge is 0.507 e. The molecule has 1 aliphatic heterocycles. The van der Waals surface area contributed by atoms with Gasteiger partial charge >= 0.3 is 0 Å². The van der Waals surface area contributed by atoms with Crippen molar-refractivity contribution in [3.8, 4) is 17.2 Å².